The van der Waals surface area contributed by atoms with Crippen LogP contribution in [0.3, 0.4) is 0 Å². The van der Waals surface area contributed by atoms with E-state index in [-0.39, 0.29) is 24.8 Å². The highest BCUT2D eigenvalue weighted by atomic mass is 32.1. The minimum absolute atomic E-state index is 0.116. The van der Waals surface area contributed by atoms with Crippen molar-refractivity contribution in [3.05, 3.63) is 22.4 Å². The highest BCUT2D eigenvalue weighted by molar-refractivity contribution is 7.10. The number of carboxylic acid groups (broad SMARTS) is 1. The number of hydrogen-bond donors (Lipinski definition) is 3. The highest BCUT2D eigenvalue weighted by Crippen LogP contribution is 2.22. The zero-order chi connectivity index (χ0) is 14.3. The molecule has 106 valence electrons. The first-order valence-electron chi connectivity index (χ1n) is 6.33. The lowest BCUT2D eigenvalue weighted by Gasteiger charge is -2.17. The Labute approximate surface area is 116 Å². The van der Waals surface area contributed by atoms with Crippen molar-refractivity contribution in [2.75, 3.05) is 0 Å². The summed E-state index contributed by atoms with van der Waals surface area (Å²) in [6.07, 6.45) is 1.83. The average molecular weight is 284 g/mol. The molecule has 0 saturated carbocycles. The van der Waals surface area contributed by atoms with Crippen molar-refractivity contribution in [2.24, 2.45) is 5.73 Å². The highest BCUT2D eigenvalue weighted by Gasteiger charge is 2.19. The molecule has 1 amide bonds. The summed E-state index contributed by atoms with van der Waals surface area (Å²) in [5, 5.41) is 13.5. The number of rotatable bonds is 8. The van der Waals surface area contributed by atoms with Crippen LogP contribution in [0.15, 0.2) is 17.5 Å². The van der Waals surface area contributed by atoms with Crippen LogP contribution in [-0.2, 0) is 9.59 Å². The van der Waals surface area contributed by atoms with Gasteiger partial charge in [0.2, 0.25) is 5.91 Å². The van der Waals surface area contributed by atoms with Crippen molar-refractivity contribution >= 4 is 23.2 Å². The fourth-order valence-electron chi connectivity index (χ4n) is 1.85. The molecule has 1 aromatic heterocycles. The lowest BCUT2D eigenvalue weighted by Crippen LogP contribution is -2.34. The number of carbonyl (C=O) groups is 2. The largest absolute Gasteiger partial charge is 0.481 e. The number of carboxylic acids is 1. The maximum atomic E-state index is 11.8. The molecule has 5 nitrogen and oxygen atoms in total. The molecule has 0 aliphatic carbocycles. The summed E-state index contributed by atoms with van der Waals surface area (Å²) in [7, 11) is 0. The number of hydrogen-bond acceptors (Lipinski definition) is 4. The van der Waals surface area contributed by atoms with E-state index in [9.17, 15) is 9.59 Å². The van der Waals surface area contributed by atoms with Crippen molar-refractivity contribution < 1.29 is 14.7 Å². The van der Waals surface area contributed by atoms with E-state index < -0.39 is 12.0 Å². The lowest BCUT2D eigenvalue weighted by atomic mass is 10.1. The van der Waals surface area contributed by atoms with Gasteiger partial charge in [0, 0.05) is 17.3 Å². The molecule has 0 bridgehead atoms. The van der Waals surface area contributed by atoms with Gasteiger partial charge in [-0.15, -0.1) is 11.3 Å². The fourth-order valence-corrected chi connectivity index (χ4v) is 2.63. The number of aliphatic carboxylic acids is 1. The summed E-state index contributed by atoms with van der Waals surface area (Å²) in [6, 6.07) is 3.02. The molecule has 0 aromatic carbocycles. The second-order valence-corrected chi connectivity index (χ2v) is 5.47. The fraction of sp³-hybridized carbons (Fsp3) is 0.538. The Bertz CT molecular complexity index is 406. The Hall–Kier alpha value is -1.40. The third-order valence-electron chi connectivity index (χ3n) is 2.71. The molecule has 4 N–H and O–H groups in total. The zero-order valence-corrected chi connectivity index (χ0v) is 11.8. The van der Waals surface area contributed by atoms with E-state index >= 15 is 0 Å². The maximum Gasteiger partial charge on any atom is 0.305 e. The van der Waals surface area contributed by atoms with Gasteiger partial charge in [-0.1, -0.05) is 19.4 Å². The average Bonchev–Trinajstić information content (AvgIpc) is 2.80. The molecule has 2 atom stereocenters. The topological polar surface area (TPSA) is 92.4 Å². The summed E-state index contributed by atoms with van der Waals surface area (Å²) < 4.78 is 0. The molecule has 1 rings (SSSR count). The van der Waals surface area contributed by atoms with Crippen LogP contribution in [0.4, 0.5) is 0 Å². The molecular formula is C13H20N2O3S. The molecule has 0 aliphatic heterocycles. The van der Waals surface area contributed by atoms with Crippen molar-refractivity contribution in [1.82, 2.24) is 5.32 Å². The third kappa shape index (κ3) is 5.85. The first kappa shape index (κ1) is 15.7. The smallest absolute Gasteiger partial charge is 0.305 e. The Kier molecular flexibility index (Phi) is 6.52. The predicted octanol–water partition coefficient (Wildman–Crippen LogP) is 1.90. The summed E-state index contributed by atoms with van der Waals surface area (Å²) in [5.74, 6) is -1.13. The molecule has 0 saturated heterocycles. The number of amides is 1. The van der Waals surface area contributed by atoms with Crippen LogP contribution in [0.5, 0.6) is 0 Å². The van der Waals surface area contributed by atoms with Crippen molar-refractivity contribution in [2.45, 2.75) is 44.7 Å². The van der Waals surface area contributed by atoms with Crippen molar-refractivity contribution in [1.29, 1.82) is 0 Å². The Morgan fingerprint density at radius 1 is 1.47 bits per heavy atom. The van der Waals surface area contributed by atoms with Gasteiger partial charge >= 0.3 is 5.97 Å². The molecule has 0 spiro atoms. The van der Waals surface area contributed by atoms with E-state index in [0.29, 0.717) is 0 Å². The third-order valence-corrected chi connectivity index (χ3v) is 3.69. The van der Waals surface area contributed by atoms with Gasteiger partial charge in [0.1, 0.15) is 0 Å². The minimum Gasteiger partial charge on any atom is -0.481 e. The normalized spacial score (nSPS) is 13.8. The Morgan fingerprint density at radius 3 is 2.74 bits per heavy atom. The standard InChI is InChI=1S/C13H20N2O3S/c1-2-4-9(14)7-12(16)15-10(8-13(17)18)11-5-3-6-19-11/h3,5-6,9-10H,2,4,7-8,14H2,1H3,(H,15,16)(H,17,18). The van der Waals surface area contributed by atoms with Gasteiger partial charge in [-0.2, -0.15) is 0 Å². The van der Waals surface area contributed by atoms with Crippen LogP contribution in [0, 0.1) is 0 Å². The van der Waals surface area contributed by atoms with E-state index in [1.54, 1.807) is 0 Å². The quantitative estimate of drug-likeness (QED) is 0.679. The Balaban J connectivity index is 2.57. The number of nitrogens with one attached hydrogen (secondary N) is 1. The van der Waals surface area contributed by atoms with Gasteiger partial charge in [-0.25, -0.2) is 0 Å². The van der Waals surface area contributed by atoms with E-state index in [0.717, 1.165) is 17.7 Å². The van der Waals surface area contributed by atoms with E-state index in [4.69, 9.17) is 10.8 Å². The second-order valence-electron chi connectivity index (χ2n) is 4.49. The molecule has 0 fully saturated rings. The van der Waals surface area contributed by atoms with E-state index in [1.807, 2.05) is 24.4 Å². The molecule has 2 unspecified atom stereocenters. The molecule has 19 heavy (non-hydrogen) atoms. The first-order chi connectivity index (χ1) is 9.02. The van der Waals surface area contributed by atoms with Gasteiger partial charge < -0.3 is 16.2 Å². The van der Waals surface area contributed by atoms with Crippen molar-refractivity contribution in [3.8, 4) is 0 Å². The molecular weight excluding hydrogens is 264 g/mol. The minimum atomic E-state index is -0.934. The Morgan fingerprint density at radius 2 is 2.21 bits per heavy atom. The van der Waals surface area contributed by atoms with Crippen LogP contribution in [-0.4, -0.2) is 23.0 Å². The lowest BCUT2D eigenvalue weighted by molar-refractivity contribution is -0.137. The van der Waals surface area contributed by atoms with Crippen molar-refractivity contribution in [3.63, 3.8) is 0 Å². The molecule has 1 aromatic rings. The van der Waals surface area contributed by atoms with E-state index in [2.05, 4.69) is 5.32 Å². The van der Waals surface area contributed by atoms with Crippen LogP contribution < -0.4 is 11.1 Å². The monoisotopic (exact) mass is 284 g/mol. The van der Waals surface area contributed by atoms with Gasteiger partial charge in [-0.3, -0.25) is 9.59 Å². The van der Waals surface area contributed by atoms with Gasteiger partial charge in [-0.05, 0) is 17.9 Å². The predicted molar refractivity (Wildman–Crippen MR) is 75.0 cm³/mol. The summed E-state index contributed by atoms with van der Waals surface area (Å²) in [4.78, 5) is 23.5. The summed E-state index contributed by atoms with van der Waals surface area (Å²) in [5.41, 5.74) is 5.81. The molecule has 6 heteroatoms. The van der Waals surface area contributed by atoms with Gasteiger partial charge in [0.05, 0.1) is 12.5 Å². The SMILES string of the molecule is CCCC(N)CC(=O)NC(CC(=O)O)c1cccs1. The number of carbonyl (C=O) groups excluding carboxylic acids is 1. The summed E-state index contributed by atoms with van der Waals surface area (Å²) in [6.45, 7) is 2.01. The van der Waals surface area contributed by atoms with Crippen LogP contribution in [0.2, 0.25) is 0 Å². The van der Waals surface area contributed by atoms with Gasteiger partial charge in [0.15, 0.2) is 0 Å². The van der Waals surface area contributed by atoms with Crippen LogP contribution >= 0.6 is 11.3 Å². The second kappa shape index (κ2) is 7.91. The van der Waals surface area contributed by atoms with E-state index in [1.165, 1.54) is 11.3 Å². The number of thiophene rings is 1. The maximum absolute atomic E-state index is 11.8. The molecule has 1 heterocycles. The summed E-state index contributed by atoms with van der Waals surface area (Å²) >= 11 is 1.43. The molecule has 0 radical (unpaired) electrons. The molecule has 0 aliphatic rings. The van der Waals surface area contributed by atoms with Gasteiger partial charge in [0.25, 0.3) is 0 Å². The van der Waals surface area contributed by atoms with Crippen LogP contribution in [0.25, 0.3) is 0 Å². The zero-order valence-electron chi connectivity index (χ0n) is 11.0. The number of nitrogens with two attached hydrogens (primary N) is 1. The van der Waals surface area contributed by atoms with Crippen LogP contribution in [0.1, 0.15) is 43.5 Å². The first-order valence-corrected chi connectivity index (χ1v) is 7.21.